The standard InChI is InChI=1S/C16H21FN2O3S/c1-23(21,22)10-13-7-14(17)5-6-15(13)18-16(20)19-8-11-3-2-4-12(11)9-19/h5-7,11-12H,2-4,8-10H2,1H3,(H,18,20). The lowest BCUT2D eigenvalue weighted by Crippen LogP contribution is -2.34. The van der Waals surface area contributed by atoms with Gasteiger partial charge in [-0.15, -0.1) is 0 Å². The number of carbonyl (C=O) groups is 1. The first-order valence-electron chi connectivity index (χ1n) is 7.84. The highest BCUT2D eigenvalue weighted by Gasteiger charge is 2.38. The number of likely N-dealkylation sites (tertiary alicyclic amines) is 1. The molecule has 0 radical (unpaired) electrons. The molecule has 1 aliphatic carbocycles. The number of rotatable bonds is 3. The van der Waals surface area contributed by atoms with Crippen LogP contribution in [0, 0.1) is 17.7 Å². The molecule has 2 atom stereocenters. The monoisotopic (exact) mass is 340 g/mol. The first-order valence-corrected chi connectivity index (χ1v) is 9.90. The van der Waals surface area contributed by atoms with Crippen molar-refractivity contribution in [3.05, 3.63) is 29.6 Å². The maximum absolute atomic E-state index is 13.4. The number of urea groups is 1. The van der Waals surface area contributed by atoms with Crippen LogP contribution in [0.5, 0.6) is 0 Å². The minimum absolute atomic E-state index is 0.235. The van der Waals surface area contributed by atoms with Crippen LogP contribution in [0.25, 0.3) is 0 Å². The highest BCUT2D eigenvalue weighted by molar-refractivity contribution is 7.89. The van der Waals surface area contributed by atoms with Gasteiger partial charge in [-0.3, -0.25) is 0 Å². The smallest absolute Gasteiger partial charge is 0.321 e. The molecule has 0 spiro atoms. The Labute approximate surface area is 135 Å². The summed E-state index contributed by atoms with van der Waals surface area (Å²) in [6, 6.07) is 3.57. The van der Waals surface area contributed by atoms with E-state index in [1.807, 2.05) is 0 Å². The number of sulfone groups is 1. The molecule has 1 N–H and O–H groups in total. The quantitative estimate of drug-likeness (QED) is 0.920. The molecule has 2 unspecified atom stereocenters. The molecule has 1 aromatic carbocycles. The highest BCUT2D eigenvalue weighted by Crippen LogP contribution is 2.37. The van der Waals surface area contributed by atoms with Crippen LogP contribution in [0.15, 0.2) is 18.2 Å². The van der Waals surface area contributed by atoms with Crippen molar-refractivity contribution >= 4 is 21.6 Å². The third-order valence-electron chi connectivity index (χ3n) is 4.74. The van der Waals surface area contributed by atoms with Gasteiger partial charge in [0.2, 0.25) is 0 Å². The van der Waals surface area contributed by atoms with Gasteiger partial charge in [0.15, 0.2) is 9.84 Å². The number of fused-ring (bicyclic) bond motifs is 1. The Bertz CT molecular complexity index is 708. The van der Waals surface area contributed by atoms with Crippen LogP contribution in [0.1, 0.15) is 24.8 Å². The summed E-state index contributed by atoms with van der Waals surface area (Å²) in [7, 11) is -3.32. The fraction of sp³-hybridized carbons (Fsp3) is 0.562. The molecular weight excluding hydrogens is 319 g/mol. The van der Waals surface area contributed by atoms with E-state index in [0.29, 0.717) is 17.5 Å². The Kier molecular flexibility index (Phi) is 4.31. The van der Waals surface area contributed by atoms with Crippen LogP contribution in [0.3, 0.4) is 0 Å². The SMILES string of the molecule is CS(=O)(=O)Cc1cc(F)ccc1NC(=O)N1CC2CCCC2C1. The zero-order valence-corrected chi connectivity index (χ0v) is 13.9. The lowest BCUT2D eigenvalue weighted by Gasteiger charge is -2.19. The van der Waals surface area contributed by atoms with Crippen LogP contribution in [0.2, 0.25) is 0 Å². The Morgan fingerprint density at radius 3 is 2.57 bits per heavy atom. The molecule has 7 heteroatoms. The van der Waals surface area contributed by atoms with E-state index < -0.39 is 15.7 Å². The Hall–Kier alpha value is -1.63. The van der Waals surface area contributed by atoms with Gasteiger partial charge in [-0.1, -0.05) is 6.42 Å². The van der Waals surface area contributed by atoms with E-state index >= 15 is 0 Å². The number of hydrogen-bond donors (Lipinski definition) is 1. The van der Waals surface area contributed by atoms with Crippen molar-refractivity contribution < 1.29 is 17.6 Å². The van der Waals surface area contributed by atoms with Crippen LogP contribution >= 0.6 is 0 Å². The van der Waals surface area contributed by atoms with Gasteiger partial charge in [-0.05, 0) is 48.4 Å². The van der Waals surface area contributed by atoms with E-state index in [9.17, 15) is 17.6 Å². The topological polar surface area (TPSA) is 66.5 Å². The fourth-order valence-electron chi connectivity index (χ4n) is 3.68. The highest BCUT2D eigenvalue weighted by atomic mass is 32.2. The van der Waals surface area contributed by atoms with Gasteiger partial charge in [0, 0.05) is 25.0 Å². The molecule has 23 heavy (non-hydrogen) atoms. The molecule has 1 aliphatic heterocycles. The number of anilines is 1. The second kappa shape index (κ2) is 6.11. The molecule has 126 valence electrons. The van der Waals surface area contributed by atoms with Crippen molar-refractivity contribution in [2.75, 3.05) is 24.7 Å². The second-order valence-electron chi connectivity index (χ2n) is 6.66. The van der Waals surface area contributed by atoms with Crippen molar-refractivity contribution in [1.82, 2.24) is 4.90 Å². The maximum atomic E-state index is 13.4. The van der Waals surface area contributed by atoms with E-state index in [-0.39, 0.29) is 17.3 Å². The van der Waals surface area contributed by atoms with Crippen molar-refractivity contribution in [2.45, 2.75) is 25.0 Å². The van der Waals surface area contributed by atoms with Crippen molar-refractivity contribution in [2.24, 2.45) is 11.8 Å². The van der Waals surface area contributed by atoms with Gasteiger partial charge < -0.3 is 10.2 Å². The summed E-state index contributed by atoms with van der Waals surface area (Å²) < 4.78 is 36.4. The predicted molar refractivity (Wildman–Crippen MR) is 86.4 cm³/mol. The number of nitrogens with zero attached hydrogens (tertiary/aromatic N) is 1. The van der Waals surface area contributed by atoms with Crippen LogP contribution < -0.4 is 5.32 Å². The number of benzene rings is 1. The fourth-order valence-corrected chi connectivity index (χ4v) is 4.49. The van der Waals surface area contributed by atoms with E-state index in [2.05, 4.69) is 5.32 Å². The minimum Gasteiger partial charge on any atom is -0.324 e. The molecule has 1 saturated carbocycles. The number of carbonyl (C=O) groups excluding carboxylic acids is 1. The van der Waals surface area contributed by atoms with E-state index in [1.54, 1.807) is 4.90 Å². The summed E-state index contributed by atoms with van der Waals surface area (Å²) in [6.07, 6.45) is 4.67. The number of halogens is 1. The molecule has 3 rings (SSSR count). The van der Waals surface area contributed by atoms with E-state index in [4.69, 9.17) is 0 Å². The molecule has 0 aromatic heterocycles. The predicted octanol–water partition coefficient (Wildman–Crippen LogP) is 2.63. The molecule has 0 bridgehead atoms. The van der Waals surface area contributed by atoms with Crippen LogP contribution in [-0.2, 0) is 15.6 Å². The third kappa shape index (κ3) is 3.83. The summed E-state index contributed by atoms with van der Waals surface area (Å²) in [5.74, 6) is 0.359. The first-order chi connectivity index (χ1) is 10.8. The largest absolute Gasteiger partial charge is 0.324 e. The minimum atomic E-state index is -3.32. The molecule has 2 fully saturated rings. The summed E-state index contributed by atoms with van der Waals surface area (Å²) >= 11 is 0. The van der Waals surface area contributed by atoms with Gasteiger partial charge in [-0.25, -0.2) is 17.6 Å². The van der Waals surface area contributed by atoms with E-state index in [1.165, 1.54) is 31.4 Å². The molecule has 2 aliphatic rings. The number of nitrogens with one attached hydrogen (secondary N) is 1. The summed E-state index contributed by atoms with van der Waals surface area (Å²) in [5.41, 5.74) is 0.638. The third-order valence-corrected chi connectivity index (χ3v) is 5.58. The molecule has 1 saturated heterocycles. The lowest BCUT2D eigenvalue weighted by atomic mass is 10.0. The molecule has 1 aromatic rings. The van der Waals surface area contributed by atoms with Gasteiger partial charge >= 0.3 is 6.03 Å². The lowest BCUT2D eigenvalue weighted by molar-refractivity contribution is 0.219. The zero-order valence-electron chi connectivity index (χ0n) is 13.1. The normalized spacial score (nSPS) is 23.8. The van der Waals surface area contributed by atoms with Gasteiger partial charge in [-0.2, -0.15) is 0 Å². The Morgan fingerprint density at radius 1 is 1.30 bits per heavy atom. The van der Waals surface area contributed by atoms with Crippen LogP contribution in [0.4, 0.5) is 14.9 Å². The molecule has 1 heterocycles. The first kappa shape index (κ1) is 16.2. The summed E-state index contributed by atoms with van der Waals surface area (Å²) in [5, 5.41) is 2.75. The summed E-state index contributed by atoms with van der Waals surface area (Å²) in [4.78, 5) is 14.2. The number of amides is 2. The zero-order chi connectivity index (χ0) is 16.6. The van der Waals surface area contributed by atoms with Gasteiger partial charge in [0.25, 0.3) is 0 Å². The van der Waals surface area contributed by atoms with E-state index in [0.717, 1.165) is 25.4 Å². The second-order valence-corrected chi connectivity index (χ2v) is 8.80. The van der Waals surface area contributed by atoms with Crippen molar-refractivity contribution in [1.29, 1.82) is 0 Å². The Balaban J connectivity index is 1.73. The average molecular weight is 340 g/mol. The van der Waals surface area contributed by atoms with Crippen LogP contribution in [-0.4, -0.2) is 38.7 Å². The van der Waals surface area contributed by atoms with Gasteiger partial charge in [0.1, 0.15) is 5.82 Å². The maximum Gasteiger partial charge on any atom is 0.321 e. The van der Waals surface area contributed by atoms with Crippen molar-refractivity contribution in [3.8, 4) is 0 Å². The van der Waals surface area contributed by atoms with Crippen molar-refractivity contribution in [3.63, 3.8) is 0 Å². The molecular formula is C16H21FN2O3S. The Morgan fingerprint density at radius 2 is 1.96 bits per heavy atom. The average Bonchev–Trinajstić information content (AvgIpc) is 3.00. The molecule has 2 amide bonds. The molecule has 5 nitrogen and oxygen atoms in total. The summed E-state index contributed by atoms with van der Waals surface area (Å²) in [6.45, 7) is 1.50. The number of hydrogen-bond acceptors (Lipinski definition) is 3. The van der Waals surface area contributed by atoms with Gasteiger partial charge in [0.05, 0.1) is 5.75 Å².